The minimum Gasteiger partial charge on any atom is -0.475 e. The third-order valence-corrected chi connectivity index (χ3v) is 5.19. The molecular formula is C24H20ClN5O2. The maximum absolute atomic E-state index is 12.4. The van der Waals surface area contributed by atoms with Crippen LogP contribution in [0.25, 0.3) is 27.9 Å². The van der Waals surface area contributed by atoms with Crippen molar-refractivity contribution in [2.24, 2.45) is 7.05 Å². The van der Waals surface area contributed by atoms with Crippen LogP contribution in [0.3, 0.4) is 0 Å². The van der Waals surface area contributed by atoms with E-state index in [9.17, 15) is 10.1 Å². The third-order valence-electron chi connectivity index (χ3n) is 4.88. The molecule has 0 spiro atoms. The van der Waals surface area contributed by atoms with Gasteiger partial charge >= 0.3 is 0 Å². The fourth-order valence-electron chi connectivity index (χ4n) is 3.36. The maximum Gasteiger partial charge on any atom is 0.250 e. The van der Waals surface area contributed by atoms with Crippen molar-refractivity contribution in [3.8, 4) is 39.9 Å². The summed E-state index contributed by atoms with van der Waals surface area (Å²) in [6.45, 7) is 3.87. The van der Waals surface area contributed by atoms with Crippen LogP contribution in [0.1, 0.15) is 19.4 Å². The Morgan fingerprint density at radius 3 is 2.59 bits per heavy atom. The van der Waals surface area contributed by atoms with Crippen molar-refractivity contribution >= 4 is 11.6 Å². The van der Waals surface area contributed by atoms with Crippen molar-refractivity contribution in [3.05, 3.63) is 82.1 Å². The van der Waals surface area contributed by atoms with Crippen LogP contribution in [0.5, 0.6) is 5.88 Å². The summed E-state index contributed by atoms with van der Waals surface area (Å²) in [5, 5.41) is 14.3. The van der Waals surface area contributed by atoms with Crippen LogP contribution in [0.15, 0.2) is 66.0 Å². The summed E-state index contributed by atoms with van der Waals surface area (Å²) in [5.41, 5.74) is 3.87. The van der Waals surface area contributed by atoms with Crippen molar-refractivity contribution in [1.82, 2.24) is 19.3 Å². The molecule has 160 valence electrons. The van der Waals surface area contributed by atoms with E-state index < -0.39 is 0 Å². The smallest absolute Gasteiger partial charge is 0.250 e. The molecule has 7 nitrogen and oxygen atoms in total. The molecule has 0 radical (unpaired) electrons. The summed E-state index contributed by atoms with van der Waals surface area (Å²) < 4.78 is 8.74. The zero-order valence-electron chi connectivity index (χ0n) is 17.8. The molecule has 4 rings (SSSR count). The summed E-state index contributed by atoms with van der Waals surface area (Å²) in [6, 6.07) is 12.6. The molecule has 3 aromatic heterocycles. The molecule has 1 aromatic carbocycles. The Kier molecular flexibility index (Phi) is 5.80. The largest absolute Gasteiger partial charge is 0.475 e. The van der Waals surface area contributed by atoms with Crippen molar-refractivity contribution in [2.75, 3.05) is 0 Å². The number of nitriles is 1. The number of benzene rings is 1. The molecule has 0 saturated heterocycles. The fraction of sp³-hybridized carbons (Fsp3) is 0.167. The zero-order chi connectivity index (χ0) is 22.8. The molecule has 0 N–H and O–H groups in total. The zero-order valence-corrected chi connectivity index (χ0v) is 18.5. The summed E-state index contributed by atoms with van der Waals surface area (Å²) >= 11 is 6.17. The first-order chi connectivity index (χ1) is 15.4. The summed E-state index contributed by atoms with van der Waals surface area (Å²) in [4.78, 5) is 16.8. The van der Waals surface area contributed by atoms with Crippen LogP contribution in [-0.2, 0) is 7.05 Å². The number of hydrogen-bond acceptors (Lipinski definition) is 5. The molecule has 0 amide bonds. The van der Waals surface area contributed by atoms with Gasteiger partial charge in [0.25, 0.3) is 5.56 Å². The van der Waals surface area contributed by atoms with Gasteiger partial charge in [-0.15, -0.1) is 0 Å². The molecule has 32 heavy (non-hydrogen) atoms. The third kappa shape index (κ3) is 4.13. The lowest BCUT2D eigenvalue weighted by Gasteiger charge is -2.12. The van der Waals surface area contributed by atoms with E-state index in [0.717, 1.165) is 22.3 Å². The monoisotopic (exact) mass is 445 g/mol. The van der Waals surface area contributed by atoms with E-state index in [1.54, 1.807) is 66.8 Å². The van der Waals surface area contributed by atoms with E-state index in [1.807, 2.05) is 19.9 Å². The van der Waals surface area contributed by atoms with Gasteiger partial charge in [0.2, 0.25) is 5.88 Å². The molecule has 0 aliphatic carbocycles. The second kappa shape index (κ2) is 8.69. The molecule has 4 aromatic rings. The topological polar surface area (TPSA) is 85.7 Å². The molecule has 3 heterocycles. The number of aromatic nitrogens is 4. The van der Waals surface area contributed by atoms with Gasteiger partial charge in [0, 0.05) is 54.5 Å². The quantitative estimate of drug-likeness (QED) is 0.447. The molecule has 0 bridgehead atoms. The van der Waals surface area contributed by atoms with Crippen molar-refractivity contribution in [2.45, 2.75) is 20.0 Å². The van der Waals surface area contributed by atoms with Gasteiger partial charge in [0.1, 0.15) is 6.07 Å². The first-order valence-electron chi connectivity index (χ1n) is 9.95. The van der Waals surface area contributed by atoms with Gasteiger partial charge in [0.05, 0.1) is 28.6 Å². The van der Waals surface area contributed by atoms with Crippen LogP contribution >= 0.6 is 11.6 Å². The second-order valence-corrected chi connectivity index (χ2v) is 7.93. The van der Waals surface area contributed by atoms with Crippen LogP contribution in [0, 0.1) is 11.3 Å². The van der Waals surface area contributed by atoms with E-state index in [0.29, 0.717) is 22.2 Å². The number of ether oxygens (including phenoxy) is 1. The van der Waals surface area contributed by atoms with Gasteiger partial charge in [-0.3, -0.25) is 4.79 Å². The first-order valence-corrected chi connectivity index (χ1v) is 10.3. The maximum atomic E-state index is 12.4. The van der Waals surface area contributed by atoms with E-state index in [1.165, 1.54) is 4.57 Å². The highest BCUT2D eigenvalue weighted by molar-refractivity contribution is 6.32. The number of nitrogens with zero attached hydrogens (tertiary/aromatic N) is 5. The number of aryl methyl sites for hydroxylation is 1. The fourth-order valence-corrected chi connectivity index (χ4v) is 3.57. The SMILES string of the molecule is CC(C)Oc1ccc(-c2cc(=O)n(C)cc2-c2cnn(-c3cccc(Cl)c3C#N)c2)cn1. The average Bonchev–Trinajstić information content (AvgIpc) is 3.25. The Hall–Kier alpha value is -3.89. The minimum absolute atomic E-state index is 0.0172. The Balaban J connectivity index is 1.81. The molecule has 0 saturated carbocycles. The van der Waals surface area contributed by atoms with Crippen LogP contribution in [-0.4, -0.2) is 25.4 Å². The van der Waals surface area contributed by atoms with Crippen LogP contribution in [0.2, 0.25) is 5.02 Å². The summed E-state index contributed by atoms with van der Waals surface area (Å²) in [7, 11) is 1.70. The molecule has 0 atom stereocenters. The lowest BCUT2D eigenvalue weighted by atomic mass is 9.99. The highest BCUT2D eigenvalue weighted by Crippen LogP contribution is 2.32. The molecule has 0 aliphatic heterocycles. The molecule has 8 heteroatoms. The Morgan fingerprint density at radius 2 is 1.91 bits per heavy atom. The Morgan fingerprint density at radius 1 is 1.09 bits per heavy atom. The molecule has 0 aliphatic rings. The number of rotatable bonds is 5. The highest BCUT2D eigenvalue weighted by atomic mass is 35.5. The van der Waals surface area contributed by atoms with Gasteiger partial charge in [-0.1, -0.05) is 17.7 Å². The van der Waals surface area contributed by atoms with Gasteiger partial charge in [-0.25, -0.2) is 9.67 Å². The first kappa shape index (κ1) is 21.3. The predicted octanol–water partition coefficient (Wildman–Crippen LogP) is 4.61. The summed E-state index contributed by atoms with van der Waals surface area (Å²) in [5.74, 6) is 0.520. The number of hydrogen-bond donors (Lipinski definition) is 0. The Labute approximate surface area is 190 Å². The minimum atomic E-state index is -0.139. The van der Waals surface area contributed by atoms with Crippen LogP contribution < -0.4 is 10.3 Å². The van der Waals surface area contributed by atoms with Crippen molar-refractivity contribution < 1.29 is 4.74 Å². The average molecular weight is 446 g/mol. The van der Waals surface area contributed by atoms with Crippen molar-refractivity contribution in [1.29, 1.82) is 5.26 Å². The van der Waals surface area contributed by atoms with Crippen molar-refractivity contribution in [3.63, 3.8) is 0 Å². The number of halogens is 1. The van der Waals surface area contributed by atoms with Gasteiger partial charge < -0.3 is 9.30 Å². The highest BCUT2D eigenvalue weighted by Gasteiger charge is 2.15. The summed E-state index contributed by atoms with van der Waals surface area (Å²) in [6.07, 6.45) is 6.96. The van der Waals surface area contributed by atoms with Gasteiger partial charge in [-0.2, -0.15) is 10.4 Å². The van der Waals surface area contributed by atoms with E-state index in [2.05, 4.69) is 16.2 Å². The van der Waals surface area contributed by atoms with E-state index in [-0.39, 0.29) is 11.7 Å². The number of pyridine rings is 2. The van der Waals surface area contributed by atoms with Gasteiger partial charge in [0.15, 0.2) is 0 Å². The van der Waals surface area contributed by atoms with Gasteiger partial charge in [-0.05, 0) is 37.6 Å². The predicted molar refractivity (Wildman–Crippen MR) is 123 cm³/mol. The second-order valence-electron chi connectivity index (χ2n) is 7.52. The standard InChI is InChI=1S/C24H20ClN5O2/c1-15(2)32-23-8-7-16(11-27-23)18-9-24(31)29(3)14-20(18)17-12-28-30(13-17)22-6-4-5-21(25)19(22)10-26/h4-9,11-15H,1-3H3. The molecular weight excluding hydrogens is 426 g/mol. The lowest BCUT2D eigenvalue weighted by molar-refractivity contribution is 0.232. The van der Waals surface area contributed by atoms with E-state index >= 15 is 0 Å². The normalized spacial score (nSPS) is 10.9. The molecule has 0 fully saturated rings. The van der Waals surface area contributed by atoms with E-state index in [4.69, 9.17) is 16.3 Å². The lowest BCUT2D eigenvalue weighted by Crippen LogP contribution is -2.15. The molecule has 0 unspecified atom stereocenters. The van der Waals surface area contributed by atoms with Crippen LogP contribution in [0.4, 0.5) is 0 Å². The Bertz CT molecular complexity index is 1380.